The van der Waals surface area contributed by atoms with Crippen molar-refractivity contribution in [1.82, 2.24) is 4.90 Å². The maximum Gasteiger partial charge on any atom is 0.0701 e. The predicted molar refractivity (Wildman–Crippen MR) is 62.1 cm³/mol. The molecule has 0 aliphatic carbocycles. The molecule has 0 atom stereocenters. The lowest BCUT2D eigenvalue weighted by atomic mass is 10.3. The van der Waals surface area contributed by atoms with Gasteiger partial charge in [0.25, 0.3) is 0 Å². The van der Waals surface area contributed by atoms with Crippen LogP contribution in [-0.4, -0.2) is 23.8 Å². The number of hydrogen-bond acceptors (Lipinski definition) is 2. The molecule has 0 saturated carbocycles. The number of alkyl halides is 1. The fraction of sp³-hybridized carbons (Fsp3) is 0.500. The third-order valence-electron chi connectivity index (χ3n) is 1.54. The highest BCUT2D eigenvalue weighted by molar-refractivity contribution is 9.11. The molecule has 0 bridgehead atoms. The second-order valence-electron chi connectivity index (χ2n) is 2.69. The Morgan fingerprint density at radius 2 is 2.33 bits per heavy atom. The molecule has 0 aliphatic heterocycles. The van der Waals surface area contributed by atoms with Crippen molar-refractivity contribution in [1.29, 1.82) is 0 Å². The van der Waals surface area contributed by atoms with Crippen LogP contribution in [0.1, 0.15) is 5.56 Å². The van der Waals surface area contributed by atoms with Gasteiger partial charge in [-0.05, 0) is 40.0 Å². The van der Waals surface area contributed by atoms with Crippen LogP contribution in [0.25, 0.3) is 0 Å². The predicted octanol–water partition coefficient (Wildman–Crippen LogP) is 3.34. The van der Waals surface area contributed by atoms with Crippen molar-refractivity contribution >= 4 is 43.2 Å². The molecule has 1 heterocycles. The first-order chi connectivity index (χ1) is 5.72. The SMILES string of the molecule is CN(CCBr)Cc1csc(Br)c1. The van der Waals surface area contributed by atoms with E-state index in [2.05, 4.69) is 55.3 Å². The summed E-state index contributed by atoms with van der Waals surface area (Å²) < 4.78 is 1.21. The van der Waals surface area contributed by atoms with E-state index >= 15 is 0 Å². The van der Waals surface area contributed by atoms with E-state index in [1.807, 2.05) is 0 Å². The van der Waals surface area contributed by atoms with Crippen molar-refractivity contribution in [2.24, 2.45) is 0 Å². The van der Waals surface area contributed by atoms with E-state index in [0.29, 0.717) is 0 Å². The lowest BCUT2D eigenvalue weighted by Crippen LogP contribution is -2.19. The summed E-state index contributed by atoms with van der Waals surface area (Å²) in [5.74, 6) is 0. The maximum absolute atomic E-state index is 3.45. The zero-order valence-electron chi connectivity index (χ0n) is 6.89. The average molecular weight is 313 g/mol. The number of nitrogens with zero attached hydrogens (tertiary/aromatic N) is 1. The Bertz CT molecular complexity index is 237. The molecular formula is C8H11Br2NS. The maximum atomic E-state index is 3.45. The van der Waals surface area contributed by atoms with E-state index in [9.17, 15) is 0 Å². The van der Waals surface area contributed by atoms with Gasteiger partial charge < -0.3 is 4.90 Å². The monoisotopic (exact) mass is 311 g/mol. The minimum Gasteiger partial charge on any atom is -0.301 e. The number of halogens is 2. The molecule has 1 rings (SSSR count). The Labute approximate surface area is 94.0 Å². The molecule has 0 aromatic carbocycles. The Kier molecular flexibility index (Phi) is 4.79. The van der Waals surface area contributed by atoms with Crippen LogP contribution in [0.5, 0.6) is 0 Å². The van der Waals surface area contributed by atoms with E-state index in [1.54, 1.807) is 11.3 Å². The summed E-state index contributed by atoms with van der Waals surface area (Å²) >= 11 is 8.61. The summed E-state index contributed by atoms with van der Waals surface area (Å²) in [6, 6.07) is 2.18. The zero-order chi connectivity index (χ0) is 8.97. The summed E-state index contributed by atoms with van der Waals surface area (Å²) in [4.78, 5) is 2.29. The molecule has 0 N–H and O–H groups in total. The van der Waals surface area contributed by atoms with Crippen LogP contribution >= 0.6 is 43.2 Å². The first kappa shape index (κ1) is 10.7. The second-order valence-corrected chi connectivity index (χ2v) is 5.77. The molecule has 0 unspecified atom stereocenters. The third kappa shape index (κ3) is 3.56. The molecule has 1 aromatic heterocycles. The first-order valence-corrected chi connectivity index (χ1v) is 6.49. The van der Waals surface area contributed by atoms with Gasteiger partial charge in [0.05, 0.1) is 3.79 Å². The molecule has 0 fully saturated rings. The van der Waals surface area contributed by atoms with E-state index in [0.717, 1.165) is 18.4 Å². The Morgan fingerprint density at radius 3 is 2.83 bits per heavy atom. The quantitative estimate of drug-likeness (QED) is 0.771. The third-order valence-corrected chi connectivity index (χ3v) is 3.45. The highest BCUT2D eigenvalue weighted by Crippen LogP contribution is 2.21. The summed E-state index contributed by atoms with van der Waals surface area (Å²) in [5.41, 5.74) is 1.38. The van der Waals surface area contributed by atoms with Crippen LogP contribution in [-0.2, 0) is 6.54 Å². The fourth-order valence-electron chi connectivity index (χ4n) is 0.964. The van der Waals surface area contributed by atoms with E-state index in [4.69, 9.17) is 0 Å². The fourth-order valence-corrected chi connectivity index (χ4v) is 2.77. The van der Waals surface area contributed by atoms with Crippen molar-refractivity contribution in [2.75, 3.05) is 18.9 Å². The minimum atomic E-state index is 1.04. The highest BCUT2D eigenvalue weighted by Gasteiger charge is 2.00. The molecular weight excluding hydrogens is 302 g/mol. The summed E-state index contributed by atoms with van der Waals surface area (Å²) in [7, 11) is 2.13. The average Bonchev–Trinajstić information content (AvgIpc) is 2.36. The van der Waals surface area contributed by atoms with Gasteiger partial charge in [-0.15, -0.1) is 11.3 Å². The van der Waals surface area contributed by atoms with Gasteiger partial charge in [-0.25, -0.2) is 0 Å². The van der Waals surface area contributed by atoms with Gasteiger partial charge in [0.1, 0.15) is 0 Å². The van der Waals surface area contributed by atoms with Crippen molar-refractivity contribution in [3.8, 4) is 0 Å². The van der Waals surface area contributed by atoms with Crippen LogP contribution in [0.3, 0.4) is 0 Å². The van der Waals surface area contributed by atoms with Gasteiger partial charge in [-0.1, -0.05) is 15.9 Å². The normalized spacial score (nSPS) is 11.0. The van der Waals surface area contributed by atoms with Crippen LogP contribution in [0.15, 0.2) is 15.2 Å². The largest absolute Gasteiger partial charge is 0.301 e. The Balaban J connectivity index is 2.41. The number of hydrogen-bond donors (Lipinski definition) is 0. The molecule has 1 aromatic rings. The molecule has 4 heteroatoms. The smallest absolute Gasteiger partial charge is 0.0701 e. The number of thiophene rings is 1. The molecule has 0 saturated heterocycles. The first-order valence-electron chi connectivity index (χ1n) is 3.70. The van der Waals surface area contributed by atoms with Crippen molar-refractivity contribution in [3.63, 3.8) is 0 Å². The minimum absolute atomic E-state index is 1.04. The standard InChI is InChI=1S/C8H11Br2NS/c1-11(3-2-9)5-7-4-8(10)12-6-7/h4,6H,2-3,5H2,1H3. The van der Waals surface area contributed by atoms with Gasteiger partial charge in [-0.2, -0.15) is 0 Å². The molecule has 68 valence electrons. The topological polar surface area (TPSA) is 3.24 Å². The lowest BCUT2D eigenvalue weighted by molar-refractivity contribution is 0.350. The highest BCUT2D eigenvalue weighted by atomic mass is 79.9. The van der Waals surface area contributed by atoms with E-state index in [1.165, 1.54) is 9.35 Å². The molecule has 0 aliphatic rings. The van der Waals surface area contributed by atoms with E-state index in [-0.39, 0.29) is 0 Å². The van der Waals surface area contributed by atoms with Gasteiger partial charge >= 0.3 is 0 Å². The van der Waals surface area contributed by atoms with Gasteiger partial charge in [-0.3, -0.25) is 0 Å². The summed E-state index contributed by atoms with van der Waals surface area (Å²) in [6.45, 7) is 2.13. The van der Waals surface area contributed by atoms with Crippen molar-refractivity contribution in [3.05, 3.63) is 20.8 Å². The summed E-state index contributed by atoms with van der Waals surface area (Å²) in [5, 5.41) is 3.23. The van der Waals surface area contributed by atoms with Crippen LogP contribution in [0.4, 0.5) is 0 Å². The zero-order valence-corrected chi connectivity index (χ0v) is 10.9. The van der Waals surface area contributed by atoms with Gasteiger partial charge in [0.15, 0.2) is 0 Å². The van der Waals surface area contributed by atoms with Crippen molar-refractivity contribution < 1.29 is 0 Å². The molecule has 12 heavy (non-hydrogen) atoms. The van der Waals surface area contributed by atoms with Crippen LogP contribution in [0, 0.1) is 0 Å². The molecule has 0 spiro atoms. The molecule has 0 radical (unpaired) electrons. The van der Waals surface area contributed by atoms with Crippen LogP contribution < -0.4 is 0 Å². The summed E-state index contributed by atoms with van der Waals surface area (Å²) in [6.07, 6.45) is 0. The molecule has 1 nitrogen and oxygen atoms in total. The Hall–Kier alpha value is 0.620. The number of rotatable bonds is 4. The van der Waals surface area contributed by atoms with Gasteiger partial charge in [0, 0.05) is 18.4 Å². The lowest BCUT2D eigenvalue weighted by Gasteiger charge is -2.13. The second kappa shape index (κ2) is 5.37. The molecule has 0 amide bonds. The Morgan fingerprint density at radius 1 is 1.58 bits per heavy atom. The van der Waals surface area contributed by atoms with Crippen LogP contribution in [0.2, 0.25) is 0 Å². The van der Waals surface area contributed by atoms with E-state index < -0.39 is 0 Å². The van der Waals surface area contributed by atoms with Gasteiger partial charge in [0.2, 0.25) is 0 Å². The van der Waals surface area contributed by atoms with Crippen molar-refractivity contribution in [2.45, 2.75) is 6.54 Å².